The molecule has 0 spiro atoms. The number of morpholine rings is 1. The van der Waals surface area contributed by atoms with Crippen molar-refractivity contribution in [2.24, 2.45) is 0 Å². The summed E-state index contributed by atoms with van der Waals surface area (Å²) in [7, 11) is 1.64. The molecule has 0 unspecified atom stereocenters. The number of nitrogens with zero attached hydrogens (tertiary/aromatic N) is 1. The molecule has 1 amide bonds. The van der Waals surface area contributed by atoms with Crippen molar-refractivity contribution in [1.82, 2.24) is 0 Å². The van der Waals surface area contributed by atoms with Gasteiger partial charge in [0.2, 0.25) is 5.91 Å². The fraction of sp³-hybridized carbons (Fsp3) is 0.346. The van der Waals surface area contributed by atoms with Crippen molar-refractivity contribution in [3.05, 3.63) is 58.9 Å². The Kier molecular flexibility index (Phi) is 6.24. The number of carbonyl (C=O) groups excluding carboxylic acids is 1. The summed E-state index contributed by atoms with van der Waals surface area (Å²) in [5, 5.41) is 4.00. The topological polar surface area (TPSA) is 63.9 Å². The van der Waals surface area contributed by atoms with E-state index < -0.39 is 0 Å². The second-order valence-electron chi connectivity index (χ2n) is 8.21. The molecule has 1 aliphatic rings. The molecule has 1 saturated heterocycles. The highest BCUT2D eigenvalue weighted by atomic mass is 16.5. The number of furan rings is 1. The molecular formula is C26H30N2O4. The molecule has 0 aliphatic carbocycles. The SMILES string of the molecule is COc1c(/C(C)=C/C(=O)Nc2ccc(N3CCOCC3)cc2)cc2c(C)c(C)oc2c1C. The normalized spacial score (nSPS) is 14.7. The summed E-state index contributed by atoms with van der Waals surface area (Å²) in [6.07, 6.45) is 1.61. The van der Waals surface area contributed by atoms with E-state index in [9.17, 15) is 4.79 Å². The smallest absolute Gasteiger partial charge is 0.248 e. The van der Waals surface area contributed by atoms with Crippen LogP contribution in [0.3, 0.4) is 0 Å². The van der Waals surface area contributed by atoms with Crippen molar-refractivity contribution >= 4 is 33.8 Å². The van der Waals surface area contributed by atoms with Crippen LogP contribution in [-0.2, 0) is 9.53 Å². The van der Waals surface area contributed by atoms with Gasteiger partial charge in [-0.2, -0.15) is 0 Å². The molecule has 0 saturated carbocycles. The molecule has 168 valence electrons. The number of fused-ring (bicyclic) bond motifs is 1. The minimum Gasteiger partial charge on any atom is -0.496 e. The number of hydrogen-bond acceptors (Lipinski definition) is 5. The maximum absolute atomic E-state index is 12.7. The van der Waals surface area contributed by atoms with E-state index in [4.69, 9.17) is 13.9 Å². The monoisotopic (exact) mass is 434 g/mol. The molecule has 2 aromatic carbocycles. The van der Waals surface area contributed by atoms with Crippen molar-refractivity contribution in [3.63, 3.8) is 0 Å². The van der Waals surface area contributed by atoms with Crippen LogP contribution in [0.1, 0.15) is 29.4 Å². The number of methoxy groups -OCH3 is 1. The van der Waals surface area contributed by atoms with E-state index in [1.54, 1.807) is 13.2 Å². The lowest BCUT2D eigenvalue weighted by atomic mass is 9.98. The fourth-order valence-corrected chi connectivity index (χ4v) is 4.20. The minimum atomic E-state index is -0.179. The lowest BCUT2D eigenvalue weighted by molar-refractivity contribution is -0.111. The predicted molar refractivity (Wildman–Crippen MR) is 129 cm³/mol. The molecule has 32 heavy (non-hydrogen) atoms. The van der Waals surface area contributed by atoms with Gasteiger partial charge in [0.25, 0.3) is 0 Å². The summed E-state index contributed by atoms with van der Waals surface area (Å²) < 4.78 is 17.0. The maximum Gasteiger partial charge on any atom is 0.248 e. The Hall–Kier alpha value is -3.25. The van der Waals surface area contributed by atoms with Crippen molar-refractivity contribution < 1.29 is 18.7 Å². The number of hydrogen-bond donors (Lipinski definition) is 1. The molecule has 3 aromatic rings. The van der Waals surface area contributed by atoms with E-state index in [2.05, 4.69) is 10.2 Å². The van der Waals surface area contributed by atoms with Crippen LogP contribution in [0.15, 0.2) is 40.8 Å². The third kappa shape index (κ3) is 4.23. The molecule has 1 N–H and O–H groups in total. The summed E-state index contributed by atoms with van der Waals surface area (Å²) in [5.41, 5.74) is 6.48. The van der Waals surface area contributed by atoms with Crippen molar-refractivity contribution in [2.75, 3.05) is 43.6 Å². The molecule has 2 heterocycles. The minimum absolute atomic E-state index is 0.179. The molecule has 4 rings (SSSR count). The average Bonchev–Trinajstić information content (AvgIpc) is 3.09. The van der Waals surface area contributed by atoms with E-state index in [-0.39, 0.29) is 5.91 Å². The van der Waals surface area contributed by atoms with Gasteiger partial charge in [-0.25, -0.2) is 0 Å². The second-order valence-corrected chi connectivity index (χ2v) is 8.21. The van der Waals surface area contributed by atoms with Crippen LogP contribution in [0.4, 0.5) is 11.4 Å². The largest absolute Gasteiger partial charge is 0.496 e. The molecule has 0 atom stereocenters. The number of anilines is 2. The van der Waals surface area contributed by atoms with Gasteiger partial charge in [-0.1, -0.05) is 0 Å². The van der Waals surface area contributed by atoms with Gasteiger partial charge in [-0.05, 0) is 69.2 Å². The number of rotatable bonds is 5. The Bertz CT molecular complexity index is 1170. The zero-order valence-corrected chi connectivity index (χ0v) is 19.4. The first kappa shape index (κ1) is 22.0. The third-order valence-electron chi connectivity index (χ3n) is 6.13. The Morgan fingerprint density at radius 2 is 1.78 bits per heavy atom. The first-order valence-corrected chi connectivity index (χ1v) is 10.9. The van der Waals surface area contributed by atoms with Gasteiger partial charge < -0.3 is 24.1 Å². The zero-order chi connectivity index (χ0) is 22.8. The molecule has 1 aliphatic heterocycles. The summed E-state index contributed by atoms with van der Waals surface area (Å²) in [6, 6.07) is 9.97. The molecule has 0 radical (unpaired) electrons. The summed E-state index contributed by atoms with van der Waals surface area (Å²) in [6.45, 7) is 11.2. The fourth-order valence-electron chi connectivity index (χ4n) is 4.20. The molecule has 6 heteroatoms. The number of amides is 1. The van der Waals surface area contributed by atoms with Gasteiger partial charge in [0, 0.05) is 47.1 Å². The number of nitrogens with one attached hydrogen (secondary N) is 1. The number of ether oxygens (including phenoxy) is 2. The maximum atomic E-state index is 12.7. The van der Waals surface area contributed by atoms with Crippen LogP contribution >= 0.6 is 0 Å². The van der Waals surface area contributed by atoms with Crippen LogP contribution in [0, 0.1) is 20.8 Å². The van der Waals surface area contributed by atoms with Gasteiger partial charge in [-0.15, -0.1) is 0 Å². The predicted octanol–water partition coefficient (Wildman–Crippen LogP) is 5.25. The molecule has 1 fully saturated rings. The van der Waals surface area contributed by atoms with E-state index in [1.165, 1.54) is 0 Å². The van der Waals surface area contributed by atoms with Gasteiger partial charge >= 0.3 is 0 Å². The van der Waals surface area contributed by atoms with Gasteiger partial charge in [0.1, 0.15) is 17.1 Å². The first-order valence-electron chi connectivity index (χ1n) is 10.9. The van der Waals surface area contributed by atoms with Crippen LogP contribution in [0.2, 0.25) is 0 Å². The van der Waals surface area contributed by atoms with Crippen molar-refractivity contribution in [1.29, 1.82) is 0 Å². The highest BCUT2D eigenvalue weighted by Crippen LogP contribution is 2.38. The van der Waals surface area contributed by atoms with E-state index in [0.717, 1.165) is 82.4 Å². The van der Waals surface area contributed by atoms with Gasteiger partial charge in [0.05, 0.1) is 20.3 Å². The number of carbonyl (C=O) groups is 1. The third-order valence-corrected chi connectivity index (χ3v) is 6.13. The first-order chi connectivity index (χ1) is 15.4. The van der Waals surface area contributed by atoms with Crippen LogP contribution in [0.5, 0.6) is 5.75 Å². The summed E-state index contributed by atoms with van der Waals surface area (Å²) in [4.78, 5) is 15.0. The highest BCUT2D eigenvalue weighted by Gasteiger charge is 2.18. The standard InChI is InChI=1S/C26H30N2O4/c1-16(22-15-23-17(2)19(4)32-26(23)18(3)25(22)30-5)14-24(29)27-20-6-8-21(9-7-20)28-10-12-31-13-11-28/h6-9,14-15H,10-13H2,1-5H3,(H,27,29)/b16-14+. The van der Waals surface area contributed by atoms with E-state index in [1.807, 2.05) is 58.0 Å². The van der Waals surface area contributed by atoms with Crippen molar-refractivity contribution in [3.8, 4) is 5.75 Å². The molecule has 6 nitrogen and oxygen atoms in total. The molecule has 1 aromatic heterocycles. The zero-order valence-electron chi connectivity index (χ0n) is 19.4. The lowest BCUT2D eigenvalue weighted by Crippen LogP contribution is -2.36. The second kappa shape index (κ2) is 9.09. The quantitative estimate of drug-likeness (QED) is 0.556. The molecule has 0 bridgehead atoms. The lowest BCUT2D eigenvalue weighted by Gasteiger charge is -2.28. The van der Waals surface area contributed by atoms with Gasteiger partial charge in [0.15, 0.2) is 0 Å². The van der Waals surface area contributed by atoms with Gasteiger partial charge in [-0.3, -0.25) is 4.79 Å². The van der Waals surface area contributed by atoms with Crippen LogP contribution in [0.25, 0.3) is 16.5 Å². The number of benzene rings is 2. The number of allylic oxidation sites excluding steroid dienone is 1. The summed E-state index contributed by atoms with van der Waals surface area (Å²) >= 11 is 0. The Morgan fingerprint density at radius 1 is 1.09 bits per heavy atom. The van der Waals surface area contributed by atoms with E-state index >= 15 is 0 Å². The Labute approximate surface area is 188 Å². The Morgan fingerprint density at radius 3 is 2.44 bits per heavy atom. The highest BCUT2D eigenvalue weighted by molar-refractivity contribution is 6.05. The van der Waals surface area contributed by atoms with Crippen LogP contribution in [-0.4, -0.2) is 39.3 Å². The van der Waals surface area contributed by atoms with Crippen molar-refractivity contribution in [2.45, 2.75) is 27.7 Å². The van der Waals surface area contributed by atoms with E-state index in [0.29, 0.717) is 0 Å². The molecular weight excluding hydrogens is 404 g/mol. The van der Waals surface area contributed by atoms with Crippen LogP contribution < -0.4 is 15.0 Å². The average molecular weight is 435 g/mol. The summed E-state index contributed by atoms with van der Waals surface area (Å²) in [5.74, 6) is 1.44. The number of aryl methyl sites for hydroxylation is 3. The Balaban J connectivity index is 1.55.